The lowest BCUT2D eigenvalue weighted by Crippen LogP contribution is -2.29. The van der Waals surface area contributed by atoms with Crippen LogP contribution in [0.4, 0.5) is 5.13 Å². The molecule has 2 aromatic carbocycles. The molecule has 170 valence electrons. The number of hydrogen-bond donors (Lipinski definition) is 1. The first-order valence-corrected chi connectivity index (χ1v) is 11.3. The van der Waals surface area contributed by atoms with E-state index in [1.807, 2.05) is 13.8 Å². The number of benzene rings is 2. The number of ketones is 1. The number of Topliss-reactive ketones (excluding diaryl/α,β-unsaturated/α-hetero) is 1. The number of nitrogens with zero attached hydrogens (tertiary/aromatic N) is 3. The van der Waals surface area contributed by atoms with E-state index in [2.05, 4.69) is 10.2 Å². The van der Waals surface area contributed by atoms with Crippen LogP contribution >= 0.6 is 11.3 Å². The Morgan fingerprint density at radius 1 is 1.03 bits per heavy atom. The van der Waals surface area contributed by atoms with Gasteiger partial charge in [0.25, 0.3) is 5.78 Å². The molecule has 0 saturated carbocycles. The Bertz CT molecular complexity index is 1220. The summed E-state index contributed by atoms with van der Waals surface area (Å²) < 4.78 is 11.4. The summed E-state index contributed by atoms with van der Waals surface area (Å²) in [5, 5.41) is 20.1. The van der Waals surface area contributed by atoms with Gasteiger partial charge in [-0.25, -0.2) is 0 Å². The molecule has 8 nitrogen and oxygen atoms in total. The van der Waals surface area contributed by atoms with E-state index in [1.165, 1.54) is 16.2 Å². The molecule has 1 N–H and O–H groups in total. The van der Waals surface area contributed by atoms with Crippen LogP contribution in [-0.2, 0) is 9.59 Å². The van der Waals surface area contributed by atoms with E-state index in [0.29, 0.717) is 40.8 Å². The third-order valence-electron chi connectivity index (χ3n) is 5.10. The van der Waals surface area contributed by atoms with E-state index in [9.17, 15) is 14.7 Å². The van der Waals surface area contributed by atoms with Crippen molar-refractivity contribution in [2.45, 2.75) is 26.8 Å². The number of anilines is 1. The van der Waals surface area contributed by atoms with Gasteiger partial charge in [-0.1, -0.05) is 47.7 Å². The fourth-order valence-corrected chi connectivity index (χ4v) is 4.43. The van der Waals surface area contributed by atoms with Gasteiger partial charge >= 0.3 is 5.91 Å². The molecule has 2 heterocycles. The summed E-state index contributed by atoms with van der Waals surface area (Å²) in [4.78, 5) is 27.6. The van der Waals surface area contributed by atoms with E-state index in [4.69, 9.17) is 9.47 Å². The maximum absolute atomic E-state index is 13.2. The number of carbonyl (C=O) groups is 2. The number of amides is 1. The minimum atomic E-state index is -0.910. The smallest absolute Gasteiger partial charge is 0.301 e. The van der Waals surface area contributed by atoms with Crippen molar-refractivity contribution in [1.82, 2.24) is 10.2 Å². The van der Waals surface area contributed by atoms with Crippen LogP contribution in [0.25, 0.3) is 5.76 Å². The second-order valence-corrected chi connectivity index (χ2v) is 8.37. The molecular formula is C24H23N3O5S. The highest BCUT2D eigenvalue weighted by atomic mass is 32.1. The summed E-state index contributed by atoms with van der Waals surface area (Å²) in [6.07, 6.45) is 0. The van der Waals surface area contributed by atoms with Crippen LogP contribution < -0.4 is 14.4 Å². The molecule has 1 aromatic heterocycles. The molecule has 1 unspecified atom stereocenters. The molecule has 33 heavy (non-hydrogen) atoms. The van der Waals surface area contributed by atoms with Crippen LogP contribution in [0.5, 0.6) is 11.5 Å². The Labute approximate surface area is 195 Å². The normalized spacial score (nSPS) is 17.4. The number of aliphatic hydroxyl groups excluding tert-OH is 1. The van der Waals surface area contributed by atoms with Gasteiger partial charge in [0.2, 0.25) is 5.13 Å². The highest BCUT2D eigenvalue weighted by molar-refractivity contribution is 7.15. The first-order valence-electron chi connectivity index (χ1n) is 10.5. The standard InChI is InChI=1S/C24H23N3O5S/c1-4-31-17-12-11-16(13-18(17)32-5-2)20-19(21(28)15-9-7-6-8-10-15)22(29)23(30)27(20)24-26-25-14(3)33-24/h6-13,20,28H,4-5H2,1-3H3/b21-19+. The summed E-state index contributed by atoms with van der Waals surface area (Å²) in [7, 11) is 0. The average Bonchev–Trinajstić information content (AvgIpc) is 3.36. The van der Waals surface area contributed by atoms with E-state index in [0.717, 1.165) is 0 Å². The van der Waals surface area contributed by atoms with Crippen LogP contribution in [0.15, 0.2) is 54.1 Å². The second kappa shape index (κ2) is 9.41. The van der Waals surface area contributed by atoms with Crippen molar-refractivity contribution in [1.29, 1.82) is 0 Å². The molecule has 4 rings (SSSR count). The molecule has 1 amide bonds. The largest absolute Gasteiger partial charge is 0.507 e. The molecule has 1 aliphatic rings. The lowest BCUT2D eigenvalue weighted by atomic mass is 9.95. The summed E-state index contributed by atoms with van der Waals surface area (Å²) in [5.74, 6) is -0.790. The number of carbonyl (C=O) groups excluding carboxylic acids is 2. The topological polar surface area (TPSA) is 102 Å². The first-order chi connectivity index (χ1) is 16.0. The van der Waals surface area contributed by atoms with Crippen molar-refractivity contribution in [2.24, 2.45) is 0 Å². The third-order valence-corrected chi connectivity index (χ3v) is 5.93. The highest BCUT2D eigenvalue weighted by Gasteiger charge is 2.48. The van der Waals surface area contributed by atoms with E-state index in [1.54, 1.807) is 55.5 Å². The van der Waals surface area contributed by atoms with Crippen LogP contribution in [0.1, 0.15) is 36.0 Å². The van der Waals surface area contributed by atoms with Gasteiger partial charge in [0, 0.05) is 5.56 Å². The Morgan fingerprint density at radius 2 is 1.73 bits per heavy atom. The molecule has 3 aromatic rings. The van der Waals surface area contributed by atoms with E-state index >= 15 is 0 Å². The molecular weight excluding hydrogens is 442 g/mol. The van der Waals surface area contributed by atoms with Crippen LogP contribution in [-0.4, -0.2) is 40.2 Å². The number of aryl methyl sites for hydroxylation is 1. The molecule has 0 aliphatic carbocycles. The Kier molecular flexibility index (Phi) is 6.41. The van der Waals surface area contributed by atoms with Crippen LogP contribution in [0.2, 0.25) is 0 Å². The highest BCUT2D eigenvalue weighted by Crippen LogP contribution is 2.44. The SMILES string of the molecule is CCOc1ccc(C2/C(=C(\O)c3ccccc3)C(=O)C(=O)N2c2nnc(C)s2)cc1OCC. The molecule has 1 aliphatic heterocycles. The molecule has 0 radical (unpaired) electrons. The van der Waals surface area contributed by atoms with Crippen molar-refractivity contribution in [3.63, 3.8) is 0 Å². The molecule has 0 spiro atoms. The Hall–Kier alpha value is -3.72. The van der Waals surface area contributed by atoms with Gasteiger partial charge in [0.05, 0.1) is 24.8 Å². The Balaban J connectivity index is 1.93. The molecule has 1 fully saturated rings. The van der Waals surface area contributed by atoms with Crippen LogP contribution in [0, 0.1) is 6.92 Å². The third kappa shape index (κ3) is 4.19. The summed E-state index contributed by atoms with van der Waals surface area (Å²) >= 11 is 1.19. The van der Waals surface area contributed by atoms with Crippen molar-refractivity contribution in [3.05, 3.63) is 70.2 Å². The predicted molar refractivity (Wildman–Crippen MR) is 125 cm³/mol. The molecule has 0 bridgehead atoms. The van der Waals surface area contributed by atoms with E-state index < -0.39 is 17.7 Å². The van der Waals surface area contributed by atoms with Gasteiger partial charge in [-0.2, -0.15) is 0 Å². The van der Waals surface area contributed by atoms with Gasteiger partial charge in [0.1, 0.15) is 10.8 Å². The number of aromatic nitrogens is 2. The Morgan fingerprint density at radius 3 is 2.36 bits per heavy atom. The van der Waals surface area contributed by atoms with Crippen LogP contribution in [0.3, 0.4) is 0 Å². The minimum absolute atomic E-state index is 0.0225. The number of rotatable bonds is 7. The zero-order chi connectivity index (χ0) is 23.5. The summed E-state index contributed by atoms with van der Waals surface area (Å²) in [5.41, 5.74) is 0.988. The number of ether oxygens (including phenoxy) is 2. The minimum Gasteiger partial charge on any atom is -0.507 e. The zero-order valence-electron chi connectivity index (χ0n) is 18.4. The number of hydrogen-bond acceptors (Lipinski definition) is 8. The monoisotopic (exact) mass is 465 g/mol. The van der Waals surface area contributed by atoms with Crippen molar-refractivity contribution >= 4 is 33.9 Å². The van der Waals surface area contributed by atoms with Gasteiger partial charge in [-0.15, -0.1) is 10.2 Å². The quantitative estimate of drug-likeness (QED) is 0.316. The van der Waals surface area contributed by atoms with E-state index in [-0.39, 0.29) is 16.5 Å². The summed E-state index contributed by atoms with van der Waals surface area (Å²) in [6, 6.07) is 13.0. The predicted octanol–water partition coefficient (Wildman–Crippen LogP) is 4.27. The van der Waals surface area contributed by atoms with Gasteiger partial charge in [-0.05, 0) is 38.5 Å². The molecule has 1 saturated heterocycles. The van der Waals surface area contributed by atoms with Crippen molar-refractivity contribution < 1.29 is 24.2 Å². The lowest BCUT2D eigenvalue weighted by Gasteiger charge is -2.23. The van der Waals surface area contributed by atoms with Gasteiger partial charge in [0.15, 0.2) is 11.5 Å². The van der Waals surface area contributed by atoms with Crippen molar-refractivity contribution in [2.75, 3.05) is 18.1 Å². The molecule has 9 heteroatoms. The fraction of sp³-hybridized carbons (Fsp3) is 0.250. The zero-order valence-corrected chi connectivity index (χ0v) is 19.3. The summed E-state index contributed by atoms with van der Waals surface area (Å²) in [6.45, 7) is 6.35. The van der Waals surface area contributed by atoms with Crippen molar-refractivity contribution in [3.8, 4) is 11.5 Å². The molecule has 1 atom stereocenters. The maximum atomic E-state index is 13.2. The average molecular weight is 466 g/mol. The van der Waals surface area contributed by atoms with Gasteiger partial charge in [-0.3, -0.25) is 14.5 Å². The van der Waals surface area contributed by atoms with Gasteiger partial charge < -0.3 is 14.6 Å². The second-order valence-electron chi connectivity index (χ2n) is 7.21. The lowest BCUT2D eigenvalue weighted by molar-refractivity contribution is -0.132. The maximum Gasteiger partial charge on any atom is 0.301 e. The number of aliphatic hydroxyl groups is 1. The first kappa shape index (κ1) is 22.5. The fourth-order valence-electron chi connectivity index (χ4n) is 3.72.